The number of nitrogens with one attached hydrogen (secondary N) is 1. The largest absolute Gasteiger partial charge is 0.481 e. The molecule has 0 aliphatic carbocycles. The van der Waals surface area contributed by atoms with Gasteiger partial charge in [0.2, 0.25) is 0 Å². The molecule has 4 rings (SSSR count). The van der Waals surface area contributed by atoms with Crippen molar-refractivity contribution in [3.8, 4) is 5.75 Å². The molecule has 2 aromatic rings. The van der Waals surface area contributed by atoms with E-state index in [1.54, 1.807) is 39.0 Å². The standard InChI is InChI=1S/C29H35FN2O6.ClH/c1-17(2)37-27(33)24-18(3)31-19(4)29(28(34)35,13-14-32(5)15-20-9-11-22(30)12-10-20)25(24)23-8-6-7-21-16-36-38-26(21)23;/h6-12,17,19,25,31H,13-16H2,1-5H3,(H,34,35);1H. The summed E-state index contributed by atoms with van der Waals surface area (Å²) in [6.45, 7) is 8.27. The van der Waals surface area contributed by atoms with Gasteiger partial charge in [-0.15, -0.1) is 12.4 Å². The zero-order chi connectivity index (χ0) is 27.6. The van der Waals surface area contributed by atoms with Crippen LogP contribution in [-0.4, -0.2) is 47.7 Å². The summed E-state index contributed by atoms with van der Waals surface area (Å²) in [5.74, 6) is -2.33. The lowest BCUT2D eigenvalue weighted by molar-refractivity contribution is -0.195. The van der Waals surface area contributed by atoms with Gasteiger partial charge in [0.25, 0.3) is 0 Å². The number of carbonyl (C=O) groups excluding carboxylic acids is 1. The minimum atomic E-state index is -1.43. The molecule has 2 aromatic carbocycles. The first-order valence-corrected chi connectivity index (χ1v) is 12.8. The average molecular weight is 563 g/mol. The Morgan fingerprint density at radius 2 is 1.92 bits per heavy atom. The fraction of sp³-hybridized carbons (Fsp3) is 0.448. The van der Waals surface area contributed by atoms with E-state index in [4.69, 9.17) is 14.5 Å². The number of halogens is 2. The summed E-state index contributed by atoms with van der Waals surface area (Å²) in [5.41, 5.74) is 1.68. The van der Waals surface area contributed by atoms with Crippen molar-refractivity contribution in [1.82, 2.24) is 10.2 Å². The van der Waals surface area contributed by atoms with E-state index in [2.05, 4.69) is 5.32 Å². The van der Waals surface area contributed by atoms with Crippen molar-refractivity contribution in [1.29, 1.82) is 0 Å². The molecule has 2 aliphatic heterocycles. The highest BCUT2D eigenvalue weighted by atomic mass is 35.5. The van der Waals surface area contributed by atoms with Crippen LogP contribution in [0.4, 0.5) is 4.39 Å². The highest BCUT2D eigenvalue weighted by molar-refractivity contribution is 5.94. The zero-order valence-corrected chi connectivity index (χ0v) is 23.6. The number of rotatable bonds is 9. The molecule has 0 radical (unpaired) electrons. The molecule has 10 heteroatoms. The number of aliphatic carboxylic acids is 1. The Hall–Kier alpha value is -3.14. The van der Waals surface area contributed by atoms with Crippen LogP contribution < -0.4 is 10.2 Å². The number of hydrogen-bond acceptors (Lipinski definition) is 7. The number of hydrogen-bond donors (Lipinski definition) is 2. The van der Waals surface area contributed by atoms with Crippen molar-refractivity contribution in [2.45, 2.75) is 65.3 Å². The summed E-state index contributed by atoms with van der Waals surface area (Å²) in [7, 11) is 1.89. The molecule has 0 saturated carbocycles. The normalized spacial score (nSPS) is 22.2. The highest BCUT2D eigenvalue weighted by Gasteiger charge is 2.57. The number of benzene rings is 2. The molecule has 0 amide bonds. The third kappa shape index (κ3) is 6.05. The Bertz CT molecular complexity index is 1230. The van der Waals surface area contributed by atoms with Gasteiger partial charge in [-0.05, 0) is 65.4 Å². The van der Waals surface area contributed by atoms with Gasteiger partial charge < -0.3 is 24.9 Å². The fourth-order valence-electron chi connectivity index (χ4n) is 5.57. The van der Waals surface area contributed by atoms with Crippen LogP contribution in [0.3, 0.4) is 0 Å². The minimum absolute atomic E-state index is 0. The lowest BCUT2D eigenvalue weighted by Gasteiger charge is -2.47. The van der Waals surface area contributed by atoms with E-state index in [0.29, 0.717) is 30.1 Å². The van der Waals surface area contributed by atoms with Crippen molar-refractivity contribution < 1.29 is 33.6 Å². The van der Waals surface area contributed by atoms with Gasteiger partial charge in [0.15, 0.2) is 5.75 Å². The quantitative estimate of drug-likeness (QED) is 0.327. The van der Waals surface area contributed by atoms with Crippen molar-refractivity contribution >= 4 is 24.3 Å². The number of ether oxygens (including phenoxy) is 1. The molecule has 2 heterocycles. The van der Waals surface area contributed by atoms with Crippen molar-refractivity contribution in [2.24, 2.45) is 5.41 Å². The summed E-state index contributed by atoms with van der Waals surface area (Å²) in [6.07, 6.45) is -0.167. The fourth-order valence-corrected chi connectivity index (χ4v) is 5.57. The Kier molecular flexibility index (Phi) is 9.64. The first-order chi connectivity index (χ1) is 18.0. The average Bonchev–Trinajstić information content (AvgIpc) is 3.33. The summed E-state index contributed by atoms with van der Waals surface area (Å²) >= 11 is 0. The van der Waals surface area contributed by atoms with Gasteiger partial charge in [-0.3, -0.25) is 4.79 Å². The van der Waals surface area contributed by atoms with Crippen LogP contribution in [0.1, 0.15) is 56.7 Å². The van der Waals surface area contributed by atoms with Gasteiger partial charge in [0.05, 0.1) is 11.7 Å². The van der Waals surface area contributed by atoms with Crippen molar-refractivity contribution in [3.63, 3.8) is 0 Å². The number of nitrogens with zero attached hydrogens (tertiary/aromatic N) is 1. The molecule has 8 nitrogen and oxygen atoms in total. The maximum atomic E-state index is 13.5. The van der Waals surface area contributed by atoms with Crippen LogP contribution in [-0.2, 0) is 32.4 Å². The summed E-state index contributed by atoms with van der Waals surface area (Å²) in [6, 6.07) is 11.2. The molecular weight excluding hydrogens is 527 g/mol. The second-order valence-electron chi connectivity index (χ2n) is 10.4. The highest BCUT2D eigenvalue weighted by Crippen LogP contribution is 2.54. The molecule has 0 aromatic heterocycles. The van der Waals surface area contributed by atoms with Crippen LogP contribution >= 0.6 is 12.4 Å². The zero-order valence-electron chi connectivity index (χ0n) is 22.8. The van der Waals surface area contributed by atoms with E-state index >= 15 is 0 Å². The van der Waals surface area contributed by atoms with E-state index in [0.717, 1.165) is 11.1 Å². The molecule has 0 saturated heterocycles. The summed E-state index contributed by atoms with van der Waals surface area (Å²) < 4.78 is 19.0. The SMILES string of the molecule is CC1=C(C(=O)OC(C)C)C(c2cccc3c2OOC3)C(CCN(C)Cc2ccc(F)cc2)(C(=O)O)C(C)N1.Cl. The summed E-state index contributed by atoms with van der Waals surface area (Å²) in [5, 5.41) is 14.2. The van der Waals surface area contributed by atoms with E-state index in [-0.39, 0.29) is 42.9 Å². The van der Waals surface area contributed by atoms with Gasteiger partial charge in [0, 0.05) is 35.3 Å². The number of carbonyl (C=O) groups is 2. The van der Waals surface area contributed by atoms with E-state index in [1.807, 2.05) is 31.0 Å². The molecule has 3 unspecified atom stereocenters. The Morgan fingerprint density at radius 1 is 1.23 bits per heavy atom. The third-order valence-corrected chi connectivity index (χ3v) is 7.44. The molecular formula is C29H36ClFN2O6. The molecule has 2 aliphatic rings. The number of para-hydroxylation sites is 1. The van der Waals surface area contributed by atoms with Gasteiger partial charge in [0.1, 0.15) is 17.8 Å². The first kappa shape index (κ1) is 30.4. The number of allylic oxidation sites excluding steroid dienone is 1. The lowest BCUT2D eigenvalue weighted by atomic mass is 9.60. The number of carboxylic acids is 1. The van der Waals surface area contributed by atoms with Crippen LogP contribution in [0.2, 0.25) is 0 Å². The predicted molar refractivity (Wildman–Crippen MR) is 146 cm³/mol. The molecule has 0 fully saturated rings. The second-order valence-corrected chi connectivity index (χ2v) is 10.4. The number of esters is 1. The van der Waals surface area contributed by atoms with Crippen molar-refractivity contribution in [2.75, 3.05) is 13.6 Å². The topological polar surface area (TPSA) is 97.3 Å². The molecule has 39 heavy (non-hydrogen) atoms. The Balaban J connectivity index is 0.00000420. The monoisotopic (exact) mass is 562 g/mol. The Labute approximate surface area is 234 Å². The van der Waals surface area contributed by atoms with Gasteiger partial charge in [-0.25, -0.2) is 9.18 Å². The predicted octanol–water partition coefficient (Wildman–Crippen LogP) is 4.97. The van der Waals surface area contributed by atoms with Crippen LogP contribution in [0.5, 0.6) is 5.75 Å². The van der Waals surface area contributed by atoms with Crippen LogP contribution in [0.25, 0.3) is 0 Å². The minimum Gasteiger partial charge on any atom is -0.481 e. The Morgan fingerprint density at radius 3 is 2.56 bits per heavy atom. The number of carboxylic acid groups (broad SMARTS) is 1. The maximum Gasteiger partial charge on any atom is 0.336 e. The molecule has 212 valence electrons. The lowest BCUT2D eigenvalue weighted by Crippen LogP contribution is -2.57. The van der Waals surface area contributed by atoms with Crippen molar-refractivity contribution in [3.05, 3.63) is 76.2 Å². The molecule has 2 N–H and O–H groups in total. The molecule has 3 atom stereocenters. The molecule has 0 bridgehead atoms. The van der Waals surface area contributed by atoms with Gasteiger partial charge in [-0.2, -0.15) is 4.89 Å². The third-order valence-electron chi connectivity index (χ3n) is 7.44. The summed E-state index contributed by atoms with van der Waals surface area (Å²) in [4.78, 5) is 39.6. The van der Waals surface area contributed by atoms with E-state index in [1.165, 1.54) is 12.1 Å². The maximum absolute atomic E-state index is 13.5. The first-order valence-electron chi connectivity index (χ1n) is 12.8. The van der Waals surface area contributed by atoms with E-state index in [9.17, 15) is 19.1 Å². The van der Waals surface area contributed by atoms with Gasteiger partial charge >= 0.3 is 11.9 Å². The van der Waals surface area contributed by atoms with E-state index < -0.39 is 29.3 Å². The van der Waals surface area contributed by atoms with Gasteiger partial charge in [-0.1, -0.05) is 30.3 Å². The van der Waals surface area contributed by atoms with Crippen LogP contribution in [0, 0.1) is 11.2 Å². The van der Waals surface area contributed by atoms with Crippen LogP contribution in [0.15, 0.2) is 53.7 Å². The second kappa shape index (κ2) is 12.4. The number of fused-ring (bicyclic) bond motifs is 1. The smallest absolute Gasteiger partial charge is 0.336 e. The molecule has 0 spiro atoms.